The van der Waals surface area contributed by atoms with Crippen molar-refractivity contribution in [1.29, 1.82) is 5.26 Å². The van der Waals surface area contributed by atoms with E-state index in [0.29, 0.717) is 12.0 Å². The van der Waals surface area contributed by atoms with Crippen LogP contribution in [0.3, 0.4) is 0 Å². The summed E-state index contributed by atoms with van der Waals surface area (Å²) >= 11 is 0. The molecule has 1 aliphatic rings. The van der Waals surface area contributed by atoms with Gasteiger partial charge >= 0.3 is 0 Å². The molecule has 5 heteroatoms. The van der Waals surface area contributed by atoms with Crippen LogP contribution in [0.1, 0.15) is 21.5 Å². The molecule has 0 bridgehead atoms. The molecular weight excluding hydrogens is 384 g/mol. The van der Waals surface area contributed by atoms with Gasteiger partial charge in [0.15, 0.2) is 0 Å². The number of carbonyl (C=O) groups is 1. The Morgan fingerprint density at radius 1 is 0.839 bits per heavy atom. The van der Waals surface area contributed by atoms with E-state index < -0.39 is 0 Å². The van der Waals surface area contributed by atoms with Crippen LogP contribution >= 0.6 is 0 Å². The molecule has 1 N–H and O–H groups in total. The molecular formula is C26H26N4O. The second-order valence-corrected chi connectivity index (χ2v) is 7.78. The summed E-state index contributed by atoms with van der Waals surface area (Å²) in [5.41, 5.74) is 4.81. The van der Waals surface area contributed by atoms with Gasteiger partial charge in [0, 0.05) is 49.7 Å². The summed E-state index contributed by atoms with van der Waals surface area (Å²) in [5.74, 6) is -0.129. The van der Waals surface area contributed by atoms with E-state index in [4.69, 9.17) is 5.26 Å². The number of nitrogens with one attached hydrogen (secondary N) is 1. The third-order valence-electron chi connectivity index (χ3n) is 5.61. The van der Waals surface area contributed by atoms with Gasteiger partial charge in [0.25, 0.3) is 5.91 Å². The van der Waals surface area contributed by atoms with E-state index >= 15 is 0 Å². The van der Waals surface area contributed by atoms with E-state index in [1.807, 2.05) is 48.5 Å². The monoisotopic (exact) mass is 410 g/mol. The molecule has 31 heavy (non-hydrogen) atoms. The van der Waals surface area contributed by atoms with Crippen molar-refractivity contribution in [3.05, 3.63) is 95.6 Å². The Hall–Kier alpha value is -3.62. The Kier molecular flexibility index (Phi) is 6.61. The summed E-state index contributed by atoms with van der Waals surface area (Å²) in [6, 6.07) is 27.9. The van der Waals surface area contributed by atoms with Crippen LogP contribution in [0, 0.1) is 11.3 Å². The Morgan fingerprint density at radius 3 is 2.13 bits per heavy atom. The first-order chi connectivity index (χ1) is 15.2. The summed E-state index contributed by atoms with van der Waals surface area (Å²) in [4.78, 5) is 17.4. The zero-order valence-corrected chi connectivity index (χ0v) is 17.5. The molecule has 4 rings (SSSR count). The van der Waals surface area contributed by atoms with Crippen LogP contribution in [0.25, 0.3) is 0 Å². The molecule has 1 heterocycles. The molecule has 3 aromatic carbocycles. The minimum absolute atomic E-state index is 0.129. The highest BCUT2D eigenvalue weighted by molar-refractivity contribution is 6.04. The lowest BCUT2D eigenvalue weighted by Crippen LogP contribution is -2.45. The number of benzene rings is 3. The van der Waals surface area contributed by atoms with Gasteiger partial charge in [0.2, 0.25) is 0 Å². The number of piperazine rings is 1. The predicted octanol–water partition coefficient (Wildman–Crippen LogP) is 4.33. The zero-order valence-electron chi connectivity index (χ0n) is 17.5. The van der Waals surface area contributed by atoms with E-state index in [-0.39, 0.29) is 5.91 Å². The standard InChI is InChI=1S/C26H26N4O/c27-15-14-21-8-12-24(13-9-21)28-26(31)23-10-6-22(7-11-23)20-29-16-18-30(19-17-29)25-4-2-1-3-5-25/h1-13H,14,16-20H2,(H,28,31). The second-order valence-electron chi connectivity index (χ2n) is 7.78. The molecule has 0 saturated carbocycles. The third-order valence-corrected chi connectivity index (χ3v) is 5.61. The quantitative estimate of drug-likeness (QED) is 0.657. The molecule has 0 radical (unpaired) electrons. The number of hydrogen-bond donors (Lipinski definition) is 1. The second kappa shape index (κ2) is 9.92. The first-order valence-electron chi connectivity index (χ1n) is 10.6. The van der Waals surface area contributed by atoms with E-state index in [1.165, 1.54) is 11.3 Å². The van der Waals surface area contributed by atoms with Gasteiger partial charge in [-0.1, -0.05) is 42.5 Å². The van der Waals surface area contributed by atoms with Crippen molar-refractivity contribution >= 4 is 17.3 Å². The molecule has 0 unspecified atom stereocenters. The Labute approximate surface area is 183 Å². The van der Waals surface area contributed by atoms with Crippen LogP contribution in [0.4, 0.5) is 11.4 Å². The summed E-state index contributed by atoms with van der Waals surface area (Å²) < 4.78 is 0. The maximum absolute atomic E-state index is 12.5. The predicted molar refractivity (Wildman–Crippen MR) is 124 cm³/mol. The maximum Gasteiger partial charge on any atom is 0.255 e. The molecule has 1 aliphatic heterocycles. The van der Waals surface area contributed by atoms with Gasteiger partial charge in [0.1, 0.15) is 0 Å². The molecule has 5 nitrogen and oxygen atoms in total. The van der Waals surface area contributed by atoms with Crippen LogP contribution < -0.4 is 10.2 Å². The average Bonchev–Trinajstić information content (AvgIpc) is 2.82. The molecule has 3 aromatic rings. The van der Waals surface area contributed by atoms with Crippen LogP contribution in [0.5, 0.6) is 0 Å². The minimum atomic E-state index is -0.129. The van der Waals surface area contributed by atoms with E-state index in [9.17, 15) is 4.79 Å². The lowest BCUT2D eigenvalue weighted by molar-refractivity contribution is 0.102. The number of rotatable bonds is 6. The Morgan fingerprint density at radius 2 is 1.48 bits per heavy atom. The maximum atomic E-state index is 12.5. The SMILES string of the molecule is N#CCc1ccc(NC(=O)c2ccc(CN3CCN(c4ccccc4)CC3)cc2)cc1. The number of nitriles is 1. The fourth-order valence-electron chi connectivity index (χ4n) is 3.82. The zero-order chi connectivity index (χ0) is 21.5. The third kappa shape index (κ3) is 5.50. The fraction of sp³-hybridized carbons (Fsp3) is 0.231. The minimum Gasteiger partial charge on any atom is -0.369 e. The normalized spacial score (nSPS) is 14.1. The Balaban J connectivity index is 1.28. The van der Waals surface area contributed by atoms with Crippen molar-refractivity contribution in [3.8, 4) is 6.07 Å². The summed E-state index contributed by atoms with van der Waals surface area (Å²) in [6.45, 7) is 5.00. The molecule has 1 amide bonds. The summed E-state index contributed by atoms with van der Waals surface area (Å²) in [7, 11) is 0. The largest absolute Gasteiger partial charge is 0.369 e. The van der Waals surface area contributed by atoms with Gasteiger partial charge in [0.05, 0.1) is 12.5 Å². The topological polar surface area (TPSA) is 59.4 Å². The Bertz CT molecular complexity index is 1030. The van der Waals surface area contributed by atoms with Crippen molar-refractivity contribution in [2.24, 2.45) is 0 Å². The molecule has 0 spiro atoms. The number of hydrogen-bond acceptors (Lipinski definition) is 4. The van der Waals surface area contributed by atoms with Crippen molar-refractivity contribution in [1.82, 2.24) is 4.90 Å². The number of amides is 1. The van der Waals surface area contributed by atoms with Crippen molar-refractivity contribution in [2.45, 2.75) is 13.0 Å². The molecule has 1 fully saturated rings. The highest BCUT2D eigenvalue weighted by Gasteiger charge is 2.17. The smallest absolute Gasteiger partial charge is 0.255 e. The number of carbonyl (C=O) groups excluding carboxylic acids is 1. The van der Waals surface area contributed by atoms with Gasteiger partial charge in [-0.05, 0) is 47.5 Å². The highest BCUT2D eigenvalue weighted by Crippen LogP contribution is 2.17. The van der Waals surface area contributed by atoms with E-state index in [1.54, 1.807) is 0 Å². The first kappa shape index (κ1) is 20.6. The highest BCUT2D eigenvalue weighted by atomic mass is 16.1. The van der Waals surface area contributed by atoms with Gasteiger partial charge in [-0.15, -0.1) is 0 Å². The molecule has 1 saturated heterocycles. The summed E-state index contributed by atoms with van der Waals surface area (Å²) in [5, 5.41) is 11.7. The number of para-hydroxylation sites is 1. The number of anilines is 2. The van der Waals surface area contributed by atoms with Crippen LogP contribution in [0.2, 0.25) is 0 Å². The van der Waals surface area contributed by atoms with Gasteiger partial charge < -0.3 is 10.2 Å². The lowest BCUT2D eigenvalue weighted by atomic mass is 10.1. The summed E-state index contributed by atoms with van der Waals surface area (Å²) in [6.07, 6.45) is 0.372. The van der Waals surface area contributed by atoms with Gasteiger partial charge in [-0.3, -0.25) is 9.69 Å². The van der Waals surface area contributed by atoms with Crippen LogP contribution in [0.15, 0.2) is 78.9 Å². The van der Waals surface area contributed by atoms with E-state index in [0.717, 1.165) is 44.0 Å². The van der Waals surface area contributed by atoms with Crippen molar-refractivity contribution in [2.75, 3.05) is 36.4 Å². The lowest BCUT2D eigenvalue weighted by Gasteiger charge is -2.36. The van der Waals surface area contributed by atoms with E-state index in [2.05, 4.69) is 51.5 Å². The molecule has 156 valence electrons. The molecule has 0 atom stereocenters. The average molecular weight is 411 g/mol. The van der Waals surface area contributed by atoms with Crippen LogP contribution in [-0.4, -0.2) is 37.0 Å². The fourth-order valence-corrected chi connectivity index (χ4v) is 3.82. The molecule has 0 aliphatic carbocycles. The van der Waals surface area contributed by atoms with Gasteiger partial charge in [-0.2, -0.15) is 5.26 Å². The first-order valence-corrected chi connectivity index (χ1v) is 10.6. The van der Waals surface area contributed by atoms with Gasteiger partial charge in [-0.25, -0.2) is 0 Å². The van der Waals surface area contributed by atoms with Crippen LogP contribution in [-0.2, 0) is 13.0 Å². The number of nitrogens with zero attached hydrogens (tertiary/aromatic N) is 3. The van der Waals surface area contributed by atoms with Crippen molar-refractivity contribution < 1.29 is 4.79 Å². The molecule has 0 aromatic heterocycles. The van der Waals surface area contributed by atoms with Crippen molar-refractivity contribution in [3.63, 3.8) is 0 Å².